The molecule has 0 saturated carbocycles. The minimum absolute atomic E-state index is 0.316. The van der Waals surface area contributed by atoms with Crippen LogP contribution in [0.5, 0.6) is 5.75 Å². The van der Waals surface area contributed by atoms with Gasteiger partial charge in [0.15, 0.2) is 0 Å². The van der Waals surface area contributed by atoms with E-state index in [0.717, 1.165) is 33.9 Å². The third-order valence-corrected chi connectivity index (χ3v) is 3.88. The molecule has 0 bridgehead atoms. The monoisotopic (exact) mass is 263 g/mol. The van der Waals surface area contributed by atoms with Crippen LogP contribution in [0.3, 0.4) is 0 Å². The molecule has 0 fully saturated rings. The minimum atomic E-state index is -0.316. The maximum absolute atomic E-state index is 11.7. The molecule has 18 heavy (non-hydrogen) atoms. The highest BCUT2D eigenvalue weighted by atomic mass is 32.2. The molecule has 0 spiro atoms. The van der Waals surface area contributed by atoms with Gasteiger partial charge in [0.05, 0.1) is 18.1 Å². The number of carbonyl (C=O) groups is 1. The molecule has 0 amide bonds. The lowest BCUT2D eigenvalue weighted by Gasteiger charge is -2.16. The maximum Gasteiger partial charge on any atom is 0.354 e. The average molecular weight is 263 g/mol. The molecule has 1 aromatic carbocycles. The van der Waals surface area contributed by atoms with Gasteiger partial charge < -0.3 is 14.5 Å². The fourth-order valence-corrected chi connectivity index (χ4v) is 3.00. The highest BCUT2D eigenvalue weighted by Crippen LogP contribution is 2.39. The van der Waals surface area contributed by atoms with Crippen LogP contribution in [0.4, 0.5) is 0 Å². The van der Waals surface area contributed by atoms with E-state index in [2.05, 4.69) is 4.98 Å². The Morgan fingerprint density at radius 1 is 1.56 bits per heavy atom. The van der Waals surface area contributed by atoms with E-state index in [1.165, 1.54) is 0 Å². The normalized spacial score (nSPS) is 14.1. The van der Waals surface area contributed by atoms with Gasteiger partial charge in [-0.25, -0.2) is 4.79 Å². The molecule has 94 valence electrons. The standard InChI is InChI=1S/C13H13NO3S/c1-2-16-13(15)10-7-8-9(14-10)3-4-11-12(8)18-6-5-17-11/h3-4,7,14H,2,5-6H2,1H3. The summed E-state index contributed by atoms with van der Waals surface area (Å²) in [5, 5.41) is 1.03. The van der Waals surface area contributed by atoms with Crippen molar-refractivity contribution in [3.63, 3.8) is 0 Å². The molecular formula is C13H13NO3S. The van der Waals surface area contributed by atoms with Gasteiger partial charge in [0.1, 0.15) is 11.4 Å². The van der Waals surface area contributed by atoms with Crippen molar-refractivity contribution in [2.45, 2.75) is 11.8 Å². The van der Waals surface area contributed by atoms with E-state index in [1.54, 1.807) is 18.7 Å². The highest BCUT2D eigenvalue weighted by molar-refractivity contribution is 7.99. The number of aromatic nitrogens is 1. The van der Waals surface area contributed by atoms with Crippen molar-refractivity contribution in [1.82, 2.24) is 4.98 Å². The van der Waals surface area contributed by atoms with Gasteiger partial charge in [-0.1, -0.05) is 0 Å². The zero-order valence-corrected chi connectivity index (χ0v) is 10.8. The summed E-state index contributed by atoms with van der Waals surface area (Å²) in [7, 11) is 0. The lowest BCUT2D eigenvalue weighted by molar-refractivity contribution is 0.0520. The first-order valence-electron chi connectivity index (χ1n) is 5.88. The Bertz CT molecular complexity index is 606. The number of rotatable bonds is 2. The number of ether oxygens (including phenoxy) is 2. The Kier molecular flexibility index (Phi) is 2.91. The fraction of sp³-hybridized carbons (Fsp3) is 0.308. The van der Waals surface area contributed by atoms with E-state index in [0.29, 0.717) is 12.3 Å². The summed E-state index contributed by atoms with van der Waals surface area (Å²) in [6, 6.07) is 5.71. The topological polar surface area (TPSA) is 51.3 Å². The van der Waals surface area contributed by atoms with E-state index in [1.807, 2.05) is 18.2 Å². The molecular weight excluding hydrogens is 250 g/mol. The molecule has 1 aromatic heterocycles. The molecule has 0 radical (unpaired) electrons. The van der Waals surface area contributed by atoms with Gasteiger partial charge in [0.25, 0.3) is 0 Å². The van der Waals surface area contributed by atoms with Crippen LogP contribution in [0, 0.1) is 0 Å². The largest absolute Gasteiger partial charge is 0.492 e. The quantitative estimate of drug-likeness (QED) is 0.846. The molecule has 3 rings (SSSR count). The summed E-state index contributed by atoms with van der Waals surface area (Å²) >= 11 is 1.76. The Hall–Kier alpha value is -1.62. The maximum atomic E-state index is 11.7. The summed E-state index contributed by atoms with van der Waals surface area (Å²) in [4.78, 5) is 15.9. The van der Waals surface area contributed by atoms with Crippen LogP contribution in [-0.2, 0) is 4.74 Å². The molecule has 2 aromatic rings. The summed E-state index contributed by atoms with van der Waals surface area (Å²) in [6.07, 6.45) is 0. The molecule has 0 atom stereocenters. The van der Waals surface area contributed by atoms with Crippen molar-refractivity contribution < 1.29 is 14.3 Å². The number of thioether (sulfide) groups is 1. The van der Waals surface area contributed by atoms with Crippen LogP contribution in [0.15, 0.2) is 23.1 Å². The number of nitrogens with one attached hydrogen (secondary N) is 1. The van der Waals surface area contributed by atoms with Crippen LogP contribution in [0.1, 0.15) is 17.4 Å². The van der Waals surface area contributed by atoms with Crippen LogP contribution in [-0.4, -0.2) is 29.9 Å². The van der Waals surface area contributed by atoms with Crippen molar-refractivity contribution in [3.8, 4) is 5.75 Å². The van der Waals surface area contributed by atoms with Crippen molar-refractivity contribution in [2.75, 3.05) is 19.0 Å². The predicted octanol–water partition coefficient (Wildman–Crippen LogP) is 2.83. The summed E-state index contributed by atoms with van der Waals surface area (Å²) in [6.45, 7) is 2.91. The smallest absolute Gasteiger partial charge is 0.354 e. The molecule has 1 aliphatic rings. The molecule has 0 unspecified atom stereocenters. The first kappa shape index (κ1) is 11.5. The Labute approximate surface area is 109 Å². The van der Waals surface area contributed by atoms with Gasteiger partial charge in [-0.15, -0.1) is 11.8 Å². The number of fused-ring (bicyclic) bond motifs is 3. The molecule has 4 nitrogen and oxygen atoms in total. The van der Waals surface area contributed by atoms with Crippen molar-refractivity contribution in [3.05, 3.63) is 23.9 Å². The Morgan fingerprint density at radius 3 is 3.28 bits per heavy atom. The van der Waals surface area contributed by atoms with Gasteiger partial charge in [-0.05, 0) is 25.1 Å². The van der Waals surface area contributed by atoms with Gasteiger partial charge in [-0.3, -0.25) is 0 Å². The number of H-pyrrole nitrogens is 1. The number of hydrogen-bond acceptors (Lipinski definition) is 4. The van der Waals surface area contributed by atoms with Gasteiger partial charge in [0, 0.05) is 16.7 Å². The summed E-state index contributed by atoms with van der Waals surface area (Å²) < 4.78 is 10.6. The molecule has 2 heterocycles. The third-order valence-electron chi connectivity index (χ3n) is 2.80. The van der Waals surface area contributed by atoms with E-state index in [-0.39, 0.29) is 5.97 Å². The number of esters is 1. The van der Waals surface area contributed by atoms with Crippen molar-refractivity contribution in [2.24, 2.45) is 0 Å². The average Bonchev–Trinajstić information content (AvgIpc) is 2.83. The van der Waals surface area contributed by atoms with Gasteiger partial charge in [0.2, 0.25) is 0 Å². The summed E-state index contributed by atoms with van der Waals surface area (Å²) in [5.41, 5.74) is 1.43. The number of aromatic amines is 1. The lowest BCUT2D eigenvalue weighted by Crippen LogP contribution is -2.06. The van der Waals surface area contributed by atoms with E-state index < -0.39 is 0 Å². The lowest BCUT2D eigenvalue weighted by atomic mass is 10.2. The number of hydrogen-bond donors (Lipinski definition) is 1. The van der Waals surface area contributed by atoms with Crippen LogP contribution in [0.2, 0.25) is 0 Å². The first-order chi connectivity index (χ1) is 8.79. The predicted molar refractivity (Wildman–Crippen MR) is 70.5 cm³/mol. The third kappa shape index (κ3) is 1.84. The highest BCUT2D eigenvalue weighted by Gasteiger charge is 2.18. The van der Waals surface area contributed by atoms with Crippen molar-refractivity contribution in [1.29, 1.82) is 0 Å². The molecule has 1 aliphatic heterocycles. The van der Waals surface area contributed by atoms with Gasteiger partial charge >= 0.3 is 5.97 Å². The first-order valence-corrected chi connectivity index (χ1v) is 6.86. The van der Waals surface area contributed by atoms with Crippen LogP contribution in [0.25, 0.3) is 10.9 Å². The Balaban J connectivity index is 2.09. The van der Waals surface area contributed by atoms with Crippen LogP contribution >= 0.6 is 11.8 Å². The second-order valence-corrected chi connectivity index (χ2v) is 5.06. The summed E-state index contributed by atoms with van der Waals surface area (Å²) in [5.74, 6) is 1.52. The number of carbonyl (C=O) groups excluding carboxylic acids is 1. The van der Waals surface area contributed by atoms with E-state index in [4.69, 9.17) is 9.47 Å². The second kappa shape index (κ2) is 4.57. The minimum Gasteiger partial charge on any atom is -0.492 e. The molecule has 0 aliphatic carbocycles. The number of benzene rings is 1. The van der Waals surface area contributed by atoms with E-state index in [9.17, 15) is 4.79 Å². The molecule has 0 saturated heterocycles. The SMILES string of the molecule is CCOC(=O)c1cc2c3c(ccc2[nH]1)OCCS3. The fourth-order valence-electron chi connectivity index (χ4n) is 2.03. The second-order valence-electron chi connectivity index (χ2n) is 3.95. The van der Waals surface area contributed by atoms with E-state index >= 15 is 0 Å². The Morgan fingerprint density at radius 2 is 2.44 bits per heavy atom. The van der Waals surface area contributed by atoms with Crippen molar-refractivity contribution >= 4 is 28.6 Å². The zero-order valence-electron chi connectivity index (χ0n) is 9.99. The van der Waals surface area contributed by atoms with Crippen LogP contribution < -0.4 is 4.74 Å². The zero-order chi connectivity index (χ0) is 12.5. The molecule has 1 N–H and O–H groups in total. The molecule has 5 heteroatoms. The van der Waals surface area contributed by atoms with Gasteiger partial charge in [-0.2, -0.15) is 0 Å².